The van der Waals surface area contributed by atoms with Gasteiger partial charge in [-0.3, -0.25) is 39.3 Å². The highest BCUT2D eigenvalue weighted by molar-refractivity contribution is 6.06. The number of amides is 5. The number of nitrogens with zero attached hydrogens (tertiary/aromatic N) is 7. The SMILES string of the molecule is CC.CCc1nc(-c2cccc3cc(-c4ccc(C(=O)NCc5cc(-c6cccc7c6CN(C6CCC(=O)NC6=O)C7=O)cnc5N)nc4)ncc23)c2n1CCN(C=O)C2. The Balaban J connectivity index is 0.00000246. The van der Waals surface area contributed by atoms with Crippen molar-refractivity contribution in [2.24, 2.45) is 0 Å². The summed E-state index contributed by atoms with van der Waals surface area (Å²) in [5, 5.41) is 7.14. The molecule has 0 saturated carbocycles. The molecule has 0 bridgehead atoms. The van der Waals surface area contributed by atoms with Crippen molar-refractivity contribution in [1.82, 2.24) is 44.9 Å². The van der Waals surface area contributed by atoms with Crippen molar-refractivity contribution in [2.45, 2.75) is 72.3 Å². The number of carbonyl (C=O) groups excluding carboxylic acids is 5. The lowest BCUT2D eigenvalue weighted by atomic mass is 9.97. The molecule has 1 saturated heterocycles. The zero-order chi connectivity index (χ0) is 42.1. The third kappa shape index (κ3) is 7.22. The summed E-state index contributed by atoms with van der Waals surface area (Å²) in [5.41, 5.74) is 14.0. The maximum Gasteiger partial charge on any atom is 0.270 e. The van der Waals surface area contributed by atoms with E-state index < -0.39 is 17.9 Å². The fourth-order valence-corrected chi connectivity index (χ4v) is 8.18. The molecule has 6 aromatic rings. The van der Waals surface area contributed by atoms with Crippen LogP contribution in [0.5, 0.6) is 0 Å². The molecule has 1 atom stereocenters. The fraction of sp³-hybridized carbons (Fsp3) is 0.267. The summed E-state index contributed by atoms with van der Waals surface area (Å²) in [6, 6.07) is 18.0. The molecule has 15 heteroatoms. The minimum atomic E-state index is -0.730. The van der Waals surface area contributed by atoms with Crippen molar-refractivity contribution >= 4 is 46.6 Å². The van der Waals surface area contributed by atoms with Crippen LogP contribution < -0.4 is 16.4 Å². The molecular weight excluding hydrogens is 761 g/mol. The molecule has 9 rings (SSSR count). The minimum absolute atomic E-state index is 0.0761. The second-order valence-corrected chi connectivity index (χ2v) is 14.6. The van der Waals surface area contributed by atoms with E-state index in [-0.39, 0.29) is 49.3 Å². The Morgan fingerprint density at radius 1 is 0.917 bits per heavy atom. The third-order valence-corrected chi connectivity index (χ3v) is 11.2. The molecule has 60 heavy (non-hydrogen) atoms. The van der Waals surface area contributed by atoms with Gasteiger partial charge in [0.05, 0.1) is 23.6 Å². The van der Waals surface area contributed by atoms with Crippen LogP contribution in [0.4, 0.5) is 5.82 Å². The number of imide groups is 1. The molecule has 304 valence electrons. The summed E-state index contributed by atoms with van der Waals surface area (Å²) in [6.45, 7) is 8.25. The summed E-state index contributed by atoms with van der Waals surface area (Å²) < 4.78 is 2.23. The summed E-state index contributed by atoms with van der Waals surface area (Å²) in [6.07, 6.45) is 7.19. The molecule has 1 fully saturated rings. The number of rotatable bonds is 9. The van der Waals surface area contributed by atoms with Gasteiger partial charge in [-0.25, -0.2) is 9.97 Å². The van der Waals surface area contributed by atoms with E-state index in [2.05, 4.69) is 32.1 Å². The average molecular weight is 805 g/mol. The van der Waals surface area contributed by atoms with Gasteiger partial charge in [0.1, 0.15) is 23.4 Å². The van der Waals surface area contributed by atoms with Gasteiger partial charge in [-0.05, 0) is 53.3 Å². The quantitative estimate of drug-likeness (QED) is 0.131. The van der Waals surface area contributed by atoms with Crippen LogP contribution in [0.15, 0.2) is 79.3 Å². The van der Waals surface area contributed by atoms with Gasteiger partial charge in [-0.2, -0.15) is 0 Å². The van der Waals surface area contributed by atoms with Crippen LogP contribution in [0.25, 0.3) is 44.4 Å². The van der Waals surface area contributed by atoms with Crippen molar-refractivity contribution in [3.63, 3.8) is 0 Å². The number of anilines is 1. The predicted molar refractivity (Wildman–Crippen MR) is 225 cm³/mol. The highest BCUT2D eigenvalue weighted by Crippen LogP contribution is 2.36. The first-order chi connectivity index (χ1) is 29.2. The van der Waals surface area contributed by atoms with Gasteiger partial charge >= 0.3 is 0 Å². The Bertz CT molecular complexity index is 2690. The number of benzene rings is 2. The van der Waals surface area contributed by atoms with Crippen LogP contribution in [0.3, 0.4) is 0 Å². The first kappa shape index (κ1) is 39.5. The number of imidazole rings is 1. The van der Waals surface area contributed by atoms with E-state index in [1.54, 1.807) is 41.6 Å². The standard InChI is InChI=1S/C43H38N10O5.C2H6/c1-2-37-49-39(36-22-51(23-54)13-14-52(36)37)29-7-3-5-24-16-34(46-20-31(24)29)25-9-10-33(45-17-25)41(56)48-19-27-15-26(18-47-40(27)44)28-6-4-8-30-32(28)21-53(43(30)58)35-11-12-38(55)50-42(35)57;1-2/h3-10,15-18,20,23,35H,2,11-14,19,21-22H2,1H3,(H2,44,47)(H,48,56)(H,50,55,57);1-2H3. The number of pyridine rings is 3. The Kier molecular flexibility index (Phi) is 10.9. The van der Waals surface area contributed by atoms with Crippen LogP contribution >= 0.6 is 0 Å². The lowest BCUT2D eigenvalue weighted by Gasteiger charge is -2.29. The molecular formula is C45H44N10O5. The molecule has 0 aliphatic carbocycles. The smallest absolute Gasteiger partial charge is 0.270 e. The van der Waals surface area contributed by atoms with Gasteiger partial charge in [0, 0.05) is 90.8 Å². The van der Waals surface area contributed by atoms with Gasteiger partial charge in [-0.15, -0.1) is 0 Å². The number of piperidine rings is 1. The minimum Gasteiger partial charge on any atom is -0.383 e. The Labute approximate surface area is 346 Å². The topological polar surface area (TPSA) is 198 Å². The highest BCUT2D eigenvalue weighted by atomic mass is 16.2. The molecule has 3 aliphatic rings. The molecule has 15 nitrogen and oxygen atoms in total. The van der Waals surface area contributed by atoms with Gasteiger partial charge < -0.3 is 25.4 Å². The van der Waals surface area contributed by atoms with E-state index in [4.69, 9.17) is 15.7 Å². The van der Waals surface area contributed by atoms with E-state index in [0.717, 1.165) is 63.1 Å². The van der Waals surface area contributed by atoms with E-state index in [0.29, 0.717) is 42.0 Å². The van der Waals surface area contributed by atoms with Crippen molar-refractivity contribution in [1.29, 1.82) is 0 Å². The lowest BCUT2D eigenvalue weighted by molar-refractivity contribution is -0.137. The number of aryl methyl sites for hydroxylation is 1. The van der Waals surface area contributed by atoms with Gasteiger partial charge in [-0.1, -0.05) is 51.1 Å². The Morgan fingerprint density at radius 2 is 1.70 bits per heavy atom. The van der Waals surface area contributed by atoms with Crippen LogP contribution in [0.2, 0.25) is 0 Å². The molecule has 2 aromatic carbocycles. The zero-order valence-electron chi connectivity index (χ0n) is 33.6. The molecule has 7 heterocycles. The van der Waals surface area contributed by atoms with Crippen molar-refractivity contribution in [3.05, 3.63) is 113 Å². The summed E-state index contributed by atoms with van der Waals surface area (Å²) in [4.78, 5) is 84.5. The number of aromatic nitrogens is 5. The molecule has 4 aromatic heterocycles. The maximum absolute atomic E-state index is 13.4. The normalized spacial score (nSPS) is 15.8. The van der Waals surface area contributed by atoms with Crippen LogP contribution in [0, 0.1) is 0 Å². The van der Waals surface area contributed by atoms with Crippen molar-refractivity contribution in [2.75, 3.05) is 12.3 Å². The fourth-order valence-electron chi connectivity index (χ4n) is 8.18. The number of nitrogen functional groups attached to an aromatic ring is 1. The van der Waals surface area contributed by atoms with Crippen molar-refractivity contribution in [3.8, 4) is 33.6 Å². The monoisotopic (exact) mass is 804 g/mol. The Morgan fingerprint density at radius 3 is 2.47 bits per heavy atom. The molecule has 0 spiro atoms. The average Bonchev–Trinajstić information content (AvgIpc) is 3.82. The van der Waals surface area contributed by atoms with E-state index in [1.165, 1.54) is 4.90 Å². The second kappa shape index (κ2) is 16.5. The largest absolute Gasteiger partial charge is 0.383 e. The van der Waals surface area contributed by atoms with Crippen LogP contribution in [-0.4, -0.2) is 76.9 Å². The van der Waals surface area contributed by atoms with E-state index in [1.807, 2.05) is 56.4 Å². The predicted octanol–water partition coefficient (Wildman–Crippen LogP) is 5.06. The molecule has 3 aliphatic heterocycles. The summed E-state index contributed by atoms with van der Waals surface area (Å²) in [7, 11) is 0. The molecule has 1 unspecified atom stereocenters. The number of fused-ring (bicyclic) bond motifs is 3. The van der Waals surface area contributed by atoms with Crippen molar-refractivity contribution < 1.29 is 24.0 Å². The lowest BCUT2D eigenvalue weighted by Crippen LogP contribution is -2.52. The third-order valence-electron chi connectivity index (χ3n) is 11.2. The van der Waals surface area contributed by atoms with Crippen LogP contribution in [0.1, 0.15) is 77.1 Å². The summed E-state index contributed by atoms with van der Waals surface area (Å²) >= 11 is 0. The maximum atomic E-state index is 13.4. The van der Waals surface area contributed by atoms with Gasteiger partial charge in [0.15, 0.2) is 0 Å². The number of hydrogen-bond donors (Lipinski definition) is 3. The number of carbonyl (C=O) groups is 5. The molecule has 0 radical (unpaired) electrons. The summed E-state index contributed by atoms with van der Waals surface area (Å²) in [5.74, 6) is -0.245. The molecule has 5 amide bonds. The number of hydrogen-bond acceptors (Lipinski definition) is 10. The van der Waals surface area contributed by atoms with Gasteiger partial charge in [0.2, 0.25) is 18.2 Å². The second-order valence-electron chi connectivity index (χ2n) is 14.6. The van der Waals surface area contributed by atoms with E-state index in [9.17, 15) is 24.0 Å². The number of nitrogens with one attached hydrogen (secondary N) is 2. The highest BCUT2D eigenvalue weighted by Gasteiger charge is 2.40. The van der Waals surface area contributed by atoms with Gasteiger partial charge in [0.25, 0.3) is 11.8 Å². The van der Waals surface area contributed by atoms with Crippen LogP contribution in [-0.2, 0) is 47.0 Å². The number of nitrogens with two attached hydrogens (primary N) is 1. The Hall–Kier alpha value is -7.29. The molecule has 4 N–H and O–H groups in total. The first-order valence-corrected chi connectivity index (χ1v) is 20.1. The van der Waals surface area contributed by atoms with E-state index >= 15 is 0 Å². The zero-order valence-corrected chi connectivity index (χ0v) is 33.6. The first-order valence-electron chi connectivity index (χ1n) is 20.1.